The molecule has 0 aromatic heterocycles. The van der Waals surface area contributed by atoms with Crippen molar-refractivity contribution in [2.45, 2.75) is 103 Å². The normalized spacial score (nSPS) is 11.5. The average Bonchev–Trinajstić information content (AvgIpc) is 3.11. The summed E-state index contributed by atoms with van der Waals surface area (Å²) in [5, 5.41) is 0. The van der Waals surface area contributed by atoms with Gasteiger partial charge < -0.3 is 42.6 Å². The first-order chi connectivity index (χ1) is 23.9. The highest BCUT2D eigenvalue weighted by Gasteiger charge is 1.98. The quantitative estimate of drug-likeness (QED) is 0.0642. The molecule has 48 heavy (non-hydrogen) atoms. The maximum Gasteiger partial charge on any atom is 0.0718 e. The van der Waals surface area contributed by atoms with Gasteiger partial charge in [0.1, 0.15) is 0 Å². The minimum absolute atomic E-state index is 0.534. The summed E-state index contributed by atoms with van der Waals surface area (Å²) in [6, 6.07) is 10.1. The molecule has 0 fully saturated rings. The van der Waals surface area contributed by atoms with Crippen LogP contribution >= 0.6 is 0 Å². The summed E-state index contributed by atoms with van der Waals surface area (Å²) in [6.45, 7) is 12.7. The highest BCUT2D eigenvalue weighted by atomic mass is 16.6. The molecule has 0 saturated carbocycles. The lowest BCUT2D eigenvalue weighted by atomic mass is 10.0. The van der Waals surface area contributed by atoms with Crippen LogP contribution in [0.4, 0.5) is 0 Å². The van der Waals surface area contributed by atoms with Crippen LogP contribution in [-0.2, 0) is 49.2 Å². The van der Waals surface area contributed by atoms with Crippen LogP contribution in [0.5, 0.6) is 0 Å². The molecular formula is C39H72O9. The fraction of sp³-hybridized carbons (Fsp3) is 0.846. The molecular weight excluding hydrogens is 612 g/mol. The van der Waals surface area contributed by atoms with Gasteiger partial charge in [0.15, 0.2) is 0 Å². The summed E-state index contributed by atoms with van der Waals surface area (Å²) in [6.07, 6.45) is 19.3. The first kappa shape index (κ1) is 44.9. The lowest BCUT2D eigenvalue weighted by Crippen LogP contribution is -2.15. The van der Waals surface area contributed by atoms with E-state index in [1.807, 2.05) is 30.3 Å². The molecule has 0 amide bonds. The van der Waals surface area contributed by atoms with E-state index in [2.05, 4.69) is 6.92 Å². The number of benzene rings is 1. The standard InChI is InChI=1S/C39H72O9/c1-2-3-4-5-6-7-8-9-10-11-12-13-14-18-21-40-22-23-41-24-25-42-26-27-43-28-29-44-30-31-45-32-33-46-34-35-47-36-37-48-38-39-19-16-15-17-20-39/h15-17,19-20H,2-14,18,21-38H2,1H3. The summed E-state index contributed by atoms with van der Waals surface area (Å²) in [7, 11) is 0. The van der Waals surface area contributed by atoms with Crippen LogP contribution < -0.4 is 0 Å². The third-order valence-corrected chi connectivity index (χ3v) is 7.73. The van der Waals surface area contributed by atoms with Crippen molar-refractivity contribution in [1.82, 2.24) is 0 Å². The number of hydrogen-bond donors (Lipinski definition) is 0. The molecule has 0 atom stereocenters. The highest BCUT2D eigenvalue weighted by molar-refractivity contribution is 5.13. The molecule has 0 heterocycles. The van der Waals surface area contributed by atoms with Crippen LogP contribution in [0.25, 0.3) is 0 Å². The fourth-order valence-corrected chi connectivity index (χ4v) is 4.92. The maximum atomic E-state index is 5.68. The Hall–Kier alpha value is -1.14. The predicted molar refractivity (Wildman–Crippen MR) is 193 cm³/mol. The molecule has 0 aliphatic rings. The van der Waals surface area contributed by atoms with Crippen LogP contribution in [0, 0.1) is 0 Å². The zero-order chi connectivity index (χ0) is 34.1. The van der Waals surface area contributed by atoms with E-state index in [9.17, 15) is 0 Å². The molecule has 1 aromatic rings. The predicted octanol–water partition coefficient (Wildman–Crippen LogP) is 7.82. The van der Waals surface area contributed by atoms with E-state index in [1.54, 1.807) is 0 Å². The Morgan fingerprint density at radius 1 is 0.292 bits per heavy atom. The SMILES string of the molecule is CCCCCCCCCCCCCCCCOCCOCCOCCOCCOCCOCCOCCOCCOCc1ccccc1. The Kier molecular flexibility index (Phi) is 37.7. The minimum Gasteiger partial charge on any atom is -0.379 e. The van der Waals surface area contributed by atoms with Gasteiger partial charge in [-0.25, -0.2) is 0 Å². The lowest BCUT2D eigenvalue weighted by Gasteiger charge is -2.09. The van der Waals surface area contributed by atoms with Gasteiger partial charge in [0.25, 0.3) is 0 Å². The van der Waals surface area contributed by atoms with Gasteiger partial charge in [-0.1, -0.05) is 121 Å². The third kappa shape index (κ3) is 36.1. The first-order valence-electron chi connectivity index (χ1n) is 19.2. The van der Waals surface area contributed by atoms with Gasteiger partial charge in [-0.2, -0.15) is 0 Å². The molecule has 0 unspecified atom stereocenters. The van der Waals surface area contributed by atoms with Gasteiger partial charge in [-0.15, -0.1) is 0 Å². The number of unbranched alkanes of at least 4 members (excludes halogenated alkanes) is 13. The second-order valence-corrected chi connectivity index (χ2v) is 12.0. The average molecular weight is 685 g/mol. The van der Waals surface area contributed by atoms with Gasteiger partial charge in [-0.05, 0) is 12.0 Å². The fourth-order valence-electron chi connectivity index (χ4n) is 4.92. The van der Waals surface area contributed by atoms with Crippen LogP contribution in [0.2, 0.25) is 0 Å². The smallest absolute Gasteiger partial charge is 0.0718 e. The Bertz CT molecular complexity index is 710. The van der Waals surface area contributed by atoms with Gasteiger partial charge in [0.05, 0.1) is 112 Å². The van der Waals surface area contributed by atoms with E-state index in [-0.39, 0.29) is 0 Å². The van der Waals surface area contributed by atoms with Crippen molar-refractivity contribution < 1.29 is 42.6 Å². The summed E-state index contributed by atoms with van der Waals surface area (Å²) in [4.78, 5) is 0. The van der Waals surface area contributed by atoms with Gasteiger partial charge in [-0.3, -0.25) is 0 Å². The summed E-state index contributed by atoms with van der Waals surface area (Å²) >= 11 is 0. The Labute approximate surface area is 293 Å². The monoisotopic (exact) mass is 685 g/mol. The van der Waals surface area contributed by atoms with E-state index < -0.39 is 0 Å². The minimum atomic E-state index is 0.534. The largest absolute Gasteiger partial charge is 0.379 e. The molecule has 0 radical (unpaired) electrons. The molecule has 9 heteroatoms. The molecule has 1 rings (SSSR count). The zero-order valence-electron chi connectivity index (χ0n) is 30.7. The molecule has 0 bridgehead atoms. The molecule has 0 spiro atoms. The van der Waals surface area contributed by atoms with Crippen molar-refractivity contribution in [2.24, 2.45) is 0 Å². The lowest BCUT2D eigenvalue weighted by molar-refractivity contribution is -0.0254. The third-order valence-electron chi connectivity index (χ3n) is 7.73. The highest BCUT2D eigenvalue weighted by Crippen LogP contribution is 2.13. The number of hydrogen-bond acceptors (Lipinski definition) is 9. The van der Waals surface area contributed by atoms with Crippen LogP contribution in [0.1, 0.15) is 102 Å². The van der Waals surface area contributed by atoms with Crippen molar-refractivity contribution >= 4 is 0 Å². The Morgan fingerprint density at radius 2 is 0.562 bits per heavy atom. The van der Waals surface area contributed by atoms with E-state index in [4.69, 9.17) is 42.6 Å². The summed E-state index contributed by atoms with van der Waals surface area (Å²) in [5.41, 5.74) is 1.17. The second kappa shape index (κ2) is 40.3. The summed E-state index contributed by atoms with van der Waals surface area (Å²) < 4.78 is 49.9. The molecule has 0 saturated heterocycles. The molecule has 1 aromatic carbocycles. The van der Waals surface area contributed by atoms with Crippen LogP contribution in [-0.4, -0.2) is 112 Å². The molecule has 0 N–H and O–H groups in total. The zero-order valence-corrected chi connectivity index (χ0v) is 30.7. The second-order valence-electron chi connectivity index (χ2n) is 12.0. The van der Waals surface area contributed by atoms with E-state index in [1.165, 1.54) is 89.0 Å². The van der Waals surface area contributed by atoms with Crippen molar-refractivity contribution in [2.75, 3.05) is 112 Å². The Balaban J connectivity index is 1.60. The van der Waals surface area contributed by atoms with E-state index in [0.29, 0.717) is 112 Å². The van der Waals surface area contributed by atoms with E-state index >= 15 is 0 Å². The number of rotatable bonds is 41. The number of ether oxygens (including phenoxy) is 9. The van der Waals surface area contributed by atoms with Crippen LogP contribution in [0.3, 0.4) is 0 Å². The molecule has 9 nitrogen and oxygen atoms in total. The first-order valence-corrected chi connectivity index (χ1v) is 19.2. The van der Waals surface area contributed by atoms with Gasteiger partial charge in [0.2, 0.25) is 0 Å². The van der Waals surface area contributed by atoms with Gasteiger partial charge >= 0.3 is 0 Å². The summed E-state index contributed by atoms with van der Waals surface area (Å²) in [5.74, 6) is 0. The van der Waals surface area contributed by atoms with Crippen molar-refractivity contribution in [1.29, 1.82) is 0 Å². The molecule has 0 aliphatic heterocycles. The van der Waals surface area contributed by atoms with Crippen LogP contribution in [0.15, 0.2) is 30.3 Å². The van der Waals surface area contributed by atoms with Crippen molar-refractivity contribution in [3.8, 4) is 0 Å². The molecule has 0 aliphatic carbocycles. The van der Waals surface area contributed by atoms with E-state index in [0.717, 1.165) is 13.0 Å². The molecule has 282 valence electrons. The van der Waals surface area contributed by atoms with Crippen molar-refractivity contribution in [3.63, 3.8) is 0 Å². The topological polar surface area (TPSA) is 83.1 Å². The maximum absolute atomic E-state index is 5.68. The van der Waals surface area contributed by atoms with Gasteiger partial charge in [0, 0.05) is 6.61 Å². The van der Waals surface area contributed by atoms with Crippen molar-refractivity contribution in [3.05, 3.63) is 35.9 Å². The Morgan fingerprint density at radius 3 is 0.896 bits per heavy atom.